The third-order valence-corrected chi connectivity index (χ3v) is 3.92. The molecule has 0 spiro atoms. The zero-order valence-corrected chi connectivity index (χ0v) is 11.4. The summed E-state index contributed by atoms with van der Waals surface area (Å²) in [4.78, 5) is 12.0. The van der Waals surface area contributed by atoms with E-state index in [2.05, 4.69) is 5.32 Å². The molecular formula is C13H13ClN2OS. The van der Waals surface area contributed by atoms with Gasteiger partial charge in [-0.05, 0) is 30.7 Å². The number of rotatable bonds is 4. The van der Waals surface area contributed by atoms with Gasteiger partial charge >= 0.3 is 0 Å². The van der Waals surface area contributed by atoms with E-state index in [1.165, 1.54) is 11.3 Å². The van der Waals surface area contributed by atoms with Crippen LogP contribution in [-0.4, -0.2) is 5.91 Å². The van der Waals surface area contributed by atoms with E-state index in [9.17, 15) is 4.79 Å². The maximum atomic E-state index is 11.0. The SMILES string of the molecule is Cc1ccc(NCc2cc(C(N)=O)cs2)cc1Cl. The fourth-order valence-corrected chi connectivity index (χ4v) is 2.49. The van der Waals surface area contributed by atoms with Gasteiger partial charge in [-0.3, -0.25) is 4.79 Å². The Kier molecular flexibility index (Phi) is 3.89. The van der Waals surface area contributed by atoms with Crippen molar-refractivity contribution in [3.63, 3.8) is 0 Å². The number of thiophene rings is 1. The Bertz CT molecular complexity index is 580. The third kappa shape index (κ3) is 3.03. The average Bonchev–Trinajstić information content (AvgIpc) is 2.79. The summed E-state index contributed by atoms with van der Waals surface area (Å²) in [5.41, 5.74) is 7.76. The highest BCUT2D eigenvalue weighted by molar-refractivity contribution is 7.10. The molecule has 94 valence electrons. The number of nitrogens with two attached hydrogens (primary N) is 1. The van der Waals surface area contributed by atoms with Crippen LogP contribution < -0.4 is 11.1 Å². The molecule has 0 fully saturated rings. The number of hydrogen-bond donors (Lipinski definition) is 2. The molecule has 1 aromatic heterocycles. The molecular weight excluding hydrogens is 268 g/mol. The van der Waals surface area contributed by atoms with Crippen molar-refractivity contribution in [1.82, 2.24) is 0 Å². The maximum absolute atomic E-state index is 11.0. The van der Waals surface area contributed by atoms with Gasteiger partial charge in [-0.25, -0.2) is 0 Å². The van der Waals surface area contributed by atoms with E-state index in [1.54, 1.807) is 11.4 Å². The number of anilines is 1. The molecule has 1 aromatic carbocycles. The second kappa shape index (κ2) is 5.42. The fraction of sp³-hybridized carbons (Fsp3) is 0.154. The van der Waals surface area contributed by atoms with Crippen molar-refractivity contribution in [3.05, 3.63) is 50.7 Å². The summed E-state index contributed by atoms with van der Waals surface area (Å²) in [7, 11) is 0. The molecule has 5 heteroatoms. The van der Waals surface area contributed by atoms with Crippen molar-refractivity contribution < 1.29 is 4.79 Å². The Morgan fingerprint density at radius 1 is 1.44 bits per heavy atom. The summed E-state index contributed by atoms with van der Waals surface area (Å²) in [6, 6.07) is 7.63. The quantitative estimate of drug-likeness (QED) is 0.902. The lowest BCUT2D eigenvalue weighted by atomic mass is 10.2. The van der Waals surface area contributed by atoms with E-state index in [0.29, 0.717) is 12.1 Å². The molecule has 2 rings (SSSR count). The van der Waals surface area contributed by atoms with Crippen LogP contribution >= 0.6 is 22.9 Å². The number of hydrogen-bond acceptors (Lipinski definition) is 3. The van der Waals surface area contributed by atoms with Gasteiger partial charge < -0.3 is 11.1 Å². The molecule has 0 radical (unpaired) electrons. The number of primary amides is 1. The molecule has 3 nitrogen and oxygen atoms in total. The summed E-state index contributed by atoms with van der Waals surface area (Å²) in [6.45, 7) is 2.61. The molecule has 3 N–H and O–H groups in total. The van der Waals surface area contributed by atoms with Gasteiger partial charge in [-0.2, -0.15) is 0 Å². The Balaban J connectivity index is 2.02. The zero-order valence-electron chi connectivity index (χ0n) is 9.87. The molecule has 1 heterocycles. The summed E-state index contributed by atoms with van der Waals surface area (Å²) in [5, 5.41) is 5.76. The van der Waals surface area contributed by atoms with Gasteiger partial charge in [0.25, 0.3) is 0 Å². The topological polar surface area (TPSA) is 55.1 Å². The van der Waals surface area contributed by atoms with Gasteiger partial charge in [0.2, 0.25) is 5.91 Å². The predicted octanol–water partition coefficient (Wildman–Crippen LogP) is 3.42. The summed E-state index contributed by atoms with van der Waals surface area (Å²) in [5.74, 6) is -0.393. The number of carbonyl (C=O) groups excluding carboxylic acids is 1. The van der Waals surface area contributed by atoms with Crippen LogP contribution in [0.4, 0.5) is 5.69 Å². The van der Waals surface area contributed by atoms with E-state index in [0.717, 1.165) is 21.2 Å². The van der Waals surface area contributed by atoms with E-state index in [1.807, 2.05) is 25.1 Å². The van der Waals surface area contributed by atoms with Gasteiger partial charge in [-0.1, -0.05) is 17.7 Å². The van der Waals surface area contributed by atoms with E-state index in [-0.39, 0.29) is 0 Å². The van der Waals surface area contributed by atoms with Crippen LogP contribution in [0, 0.1) is 6.92 Å². The molecule has 0 aliphatic rings. The molecule has 1 amide bonds. The van der Waals surface area contributed by atoms with Gasteiger partial charge in [0.1, 0.15) is 0 Å². The molecule has 0 aliphatic carbocycles. The second-order valence-corrected chi connectivity index (χ2v) is 5.39. The first kappa shape index (κ1) is 12.9. The smallest absolute Gasteiger partial charge is 0.249 e. The monoisotopic (exact) mass is 280 g/mol. The number of benzene rings is 1. The lowest BCUT2D eigenvalue weighted by Crippen LogP contribution is -2.09. The van der Waals surface area contributed by atoms with Crippen molar-refractivity contribution in [2.45, 2.75) is 13.5 Å². The highest BCUT2D eigenvalue weighted by Crippen LogP contribution is 2.21. The van der Waals surface area contributed by atoms with Gasteiger partial charge in [-0.15, -0.1) is 11.3 Å². The minimum atomic E-state index is -0.393. The van der Waals surface area contributed by atoms with Crippen LogP contribution in [-0.2, 0) is 6.54 Å². The van der Waals surface area contributed by atoms with Gasteiger partial charge in [0, 0.05) is 27.5 Å². The van der Waals surface area contributed by atoms with Crippen molar-refractivity contribution in [3.8, 4) is 0 Å². The summed E-state index contributed by atoms with van der Waals surface area (Å²) in [6.07, 6.45) is 0. The average molecular weight is 281 g/mol. The molecule has 0 bridgehead atoms. The standard InChI is InChI=1S/C13H13ClN2OS/c1-8-2-3-10(5-12(8)14)16-6-11-4-9(7-18-11)13(15)17/h2-5,7,16H,6H2,1H3,(H2,15,17). The summed E-state index contributed by atoms with van der Waals surface area (Å²) >= 11 is 7.55. The molecule has 0 unspecified atom stereocenters. The lowest BCUT2D eigenvalue weighted by Gasteiger charge is -2.06. The normalized spacial score (nSPS) is 10.3. The number of aryl methyl sites for hydroxylation is 1. The lowest BCUT2D eigenvalue weighted by molar-refractivity contribution is 0.100. The van der Waals surface area contributed by atoms with Crippen molar-refractivity contribution in [2.24, 2.45) is 5.73 Å². The predicted molar refractivity (Wildman–Crippen MR) is 76.4 cm³/mol. The molecule has 18 heavy (non-hydrogen) atoms. The summed E-state index contributed by atoms with van der Waals surface area (Å²) < 4.78 is 0. The van der Waals surface area contributed by atoms with Crippen LogP contribution in [0.25, 0.3) is 0 Å². The van der Waals surface area contributed by atoms with Crippen molar-refractivity contribution in [1.29, 1.82) is 0 Å². The van der Waals surface area contributed by atoms with Gasteiger partial charge in [0.05, 0.1) is 5.56 Å². The Hall–Kier alpha value is -1.52. The largest absolute Gasteiger partial charge is 0.380 e. The van der Waals surface area contributed by atoms with Crippen LogP contribution in [0.15, 0.2) is 29.6 Å². The van der Waals surface area contributed by atoms with Crippen molar-refractivity contribution >= 4 is 34.5 Å². The fourth-order valence-electron chi connectivity index (χ4n) is 1.49. The Morgan fingerprint density at radius 2 is 2.22 bits per heavy atom. The maximum Gasteiger partial charge on any atom is 0.249 e. The molecule has 0 aliphatic heterocycles. The highest BCUT2D eigenvalue weighted by Gasteiger charge is 2.04. The first-order valence-corrected chi connectivity index (χ1v) is 6.69. The zero-order chi connectivity index (χ0) is 13.1. The second-order valence-electron chi connectivity index (χ2n) is 3.98. The van der Waals surface area contributed by atoms with E-state index in [4.69, 9.17) is 17.3 Å². The molecule has 2 aromatic rings. The van der Waals surface area contributed by atoms with E-state index >= 15 is 0 Å². The molecule has 0 atom stereocenters. The third-order valence-electron chi connectivity index (χ3n) is 2.58. The Labute approximate surface area is 115 Å². The minimum Gasteiger partial charge on any atom is -0.380 e. The van der Waals surface area contributed by atoms with Crippen LogP contribution in [0.2, 0.25) is 5.02 Å². The first-order valence-electron chi connectivity index (χ1n) is 5.43. The molecule has 0 saturated carbocycles. The number of amides is 1. The minimum absolute atomic E-state index is 0.393. The number of halogens is 1. The number of carbonyl (C=O) groups is 1. The van der Waals surface area contributed by atoms with Gasteiger partial charge in [0.15, 0.2) is 0 Å². The van der Waals surface area contributed by atoms with Crippen LogP contribution in [0.3, 0.4) is 0 Å². The Morgan fingerprint density at radius 3 is 2.83 bits per heavy atom. The highest BCUT2D eigenvalue weighted by atomic mass is 35.5. The first-order chi connectivity index (χ1) is 8.56. The number of nitrogens with one attached hydrogen (secondary N) is 1. The van der Waals surface area contributed by atoms with Crippen LogP contribution in [0.5, 0.6) is 0 Å². The van der Waals surface area contributed by atoms with E-state index < -0.39 is 5.91 Å². The molecule has 0 saturated heterocycles. The van der Waals surface area contributed by atoms with Crippen LogP contribution in [0.1, 0.15) is 20.8 Å². The van der Waals surface area contributed by atoms with Crippen molar-refractivity contribution in [2.75, 3.05) is 5.32 Å².